The Morgan fingerprint density at radius 2 is 1.77 bits per heavy atom. The Labute approximate surface area is 180 Å². The lowest BCUT2D eigenvalue weighted by atomic mass is 10.00. The van der Waals surface area contributed by atoms with Crippen LogP contribution in [0, 0.1) is 6.92 Å². The van der Waals surface area contributed by atoms with Crippen molar-refractivity contribution in [3.63, 3.8) is 0 Å². The summed E-state index contributed by atoms with van der Waals surface area (Å²) < 4.78 is 10.5. The van der Waals surface area contributed by atoms with E-state index < -0.39 is 11.9 Å². The number of carbonyl (C=O) groups excluding carboxylic acids is 3. The van der Waals surface area contributed by atoms with E-state index in [0.717, 1.165) is 16.3 Å². The molecule has 1 amide bonds. The van der Waals surface area contributed by atoms with Gasteiger partial charge in [-0.1, -0.05) is 42.5 Å². The van der Waals surface area contributed by atoms with Gasteiger partial charge in [-0.15, -0.1) is 0 Å². The van der Waals surface area contributed by atoms with Crippen LogP contribution in [0.25, 0.3) is 10.8 Å². The second-order valence-corrected chi connectivity index (χ2v) is 7.23. The molecule has 0 aliphatic heterocycles. The number of hydrogen-bond donors (Lipinski definition) is 2. The maximum atomic E-state index is 12.6. The number of ether oxygens (including phenoxy) is 1. The van der Waals surface area contributed by atoms with Crippen molar-refractivity contribution < 1.29 is 23.5 Å². The van der Waals surface area contributed by atoms with Crippen LogP contribution in [0.3, 0.4) is 0 Å². The van der Waals surface area contributed by atoms with Crippen molar-refractivity contribution in [3.05, 3.63) is 64.9 Å². The third-order valence-electron chi connectivity index (χ3n) is 5.03. The van der Waals surface area contributed by atoms with Gasteiger partial charge < -0.3 is 14.5 Å². The van der Waals surface area contributed by atoms with Crippen LogP contribution >= 0.6 is 0 Å². The molecule has 0 saturated carbocycles. The predicted octanol–water partition coefficient (Wildman–Crippen LogP) is 4.41. The van der Waals surface area contributed by atoms with Gasteiger partial charge in [0.15, 0.2) is 5.78 Å². The zero-order chi connectivity index (χ0) is 22.5. The molecule has 0 bridgehead atoms. The molecule has 0 radical (unpaired) electrons. The summed E-state index contributed by atoms with van der Waals surface area (Å²) >= 11 is 0. The number of furan rings is 1. The number of hydrogen-bond acceptors (Lipinski definition) is 6. The van der Waals surface area contributed by atoms with Gasteiger partial charge in [0, 0.05) is 6.04 Å². The topological polar surface area (TPSA) is 97.6 Å². The molecule has 7 nitrogen and oxygen atoms in total. The van der Waals surface area contributed by atoms with E-state index in [1.807, 2.05) is 49.4 Å². The van der Waals surface area contributed by atoms with E-state index in [-0.39, 0.29) is 47.7 Å². The zero-order valence-electron chi connectivity index (χ0n) is 18.1. The van der Waals surface area contributed by atoms with Gasteiger partial charge in [0.25, 0.3) is 0 Å². The third kappa shape index (κ3) is 4.83. The van der Waals surface area contributed by atoms with Crippen LogP contribution in [0.5, 0.6) is 0 Å². The minimum Gasteiger partial charge on any atom is -0.462 e. The van der Waals surface area contributed by atoms with E-state index in [1.54, 1.807) is 13.8 Å². The molecule has 0 spiro atoms. The Bertz CT molecular complexity index is 1130. The Morgan fingerprint density at radius 3 is 2.48 bits per heavy atom. The fraction of sp³-hybridized carbons (Fsp3) is 0.292. The monoisotopic (exact) mass is 422 g/mol. The van der Waals surface area contributed by atoms with Crippen LogP contribution in [-0.2, 0) is 9.53 Å². The number of carbonyl (C=O) groups is 3. The first kappa shape index (κ1) is 22.2. The first-order valence-electron chi connectivity index (χ1n) is 10.2. The van der Waals surface area contributed by atoms with E-state index in [9.17, 15) is 14.4 Å². The molecule has 0 saturated heterocycles. The van der Waals surface area contributed by atoms with E-state index in [0.29, 0.717) is 0 Å². The molecule has 2 aromatic carbocycles. The van der Waals surface area contributed by atoms with Crippen molar-refractivity contribution in [2.45, 2.75) is 33.7 Å². The normalized spacial score (nSPS) is 11.9. The minimum absolute atomic E-state index is 0.0121. The van der Waals surface area contributed by atoms with Crippen LogP contribution in [0.2, 0.25) is 0 Å². The summed E-state index contributed by atoms with van der Waals surface area (Å²) in [5.74, 6) is -1.28. The number of Topliss-reactive ketones (excluding diaryl/α,β-unsaturated/α-hetero) is 1. The van der Waals surface area contributed by atoms with Crippen LogP contribution in [-0.4, -0.2) is 30.8 Å². The lowest BCUT2D eigenvalue weighted by Gasteiger charge is -2.16. The Balaban J connectivity index is 1.74. The number of amides is 1. The maximum absolute atomic E-state index is 12.6. The average Bonchev–Trinajstić information content (AvgIpc) is 3.07. The molecule has 0 fully saturated rings. The SMILES string of the molecule is CCOC(=O)c1c(NC(=O)CN[C@H](C)c2cccc3ccccc23)oc(C)c1C(C)=O. The Hall–Kier alpha value is -3.45. The van der Waals surface area contributed by atoms with Gasteiger partial charge in [-0.05, 0) is 44.0 Å². The quantitative estimate of drug-likeness (QED) is 0.412. The molecule has 3 rings (SSSR count). The van der Waals surface area contributed by atoms with Gasteiger partial charge in [0.1, 0.15) is 11.3 Å². The molecule has 3 aromatic rings. The van der Waals surface area contributed by atoms with Gasteiger partial charge in [-0.3, -0.25) is 14.9 Å². The molecular formula is C24H26N2O5. The van der Waals surface area contributed by atoms with Gasteiger partial charge >= 0.3 is 5.97 Å². The molecule has 1 heterocycles. The molecule has 162 valence electrons. The van der Waals surface area contributed by atoms with Gasteiger partial charge in [-0.2, -0.15) is 0 Å². The van der Waals surface area contributed by atoms with Gasteiger partial charge in [-0.25, -0.2) is 4.79 Å². The summed E-state index contributed by atoms with van der Waals surface area (Å²) in [7, 11) is 0. The standard InChI is InChI=1S/C24H26N2O5/c1-5-30-24(29)22-21(15(3)27)16(4)31-23(22)26-20(28)13-25-14(2)18-12-8-10-17-9-6-7-11-19(17)18/h6-12,14,25H,5,13H2,1-4H3,(H,26,28)/t14-/m1/s1. The number of esters is 1. The molecule has 0 unspecified atom stereocenters. The van der Waals surface area contributed by atoms with Gasteiger partial charge in [0.05, 0.1) is 18.7 Å². The third-order valence-corrected chi connectivity index (χ3v) is 5.03. The molecule has 7 heteroatoms. The first-order chi connectivity index (χ1) is 14.8. The highest BCUT2D eigenvalue weighted by atomic mass is 16.5. The molecule has 2 N–H and O–H groups in total. The van der Waals surface area contributed by atoms with Crippen molar-refractivity contribution >= 4 is 34.3 Å². The summed E-state index contributed by atoms with van der Waals surface area (Å²) in [6, 6.07) is 14.0. The molecule has 31 heavy (non-hydrogen) atoms. The van der Waals surface area contributed by atoms with E-state index in [1.165, 1.54) is 6.92 Å². The largest absolute Gasteiger partial charge is 0.462 e. The summed E-state index contributed by atoms with van der Waals surface area (Å²) in [6.07, 6.45) is 0. The predicted molar refractivity (Wildman–Crippen MR) is 118 cm³/mol. The second kappa shape index (κ2) is 9.57. The highest BCUT2D eigenvalue weighted by Crippen LogP contribution is 2.29. The lowest BCUT2D eigenvalue weighted by Crippen LogP contribution is -2.30. The van der Waals surface area contributed by atoms with Crippen LogP contribution in [0.1, 0.15) is 58.9 Å². The molecule has 1 atom stereocenters. The number of anilines is 1. The fourth-order valence-corrected chi connectivity index (χ4v) is 3.61. The summed E-state index contributed by atoms with van der Waals surface area (Å²) in [5, 5.41) is 8.02. The minimum atomic E-state index is -0.711. The summed E-state index contributed by atoms with van der Waals surface area (Å²) in [4.78, 5) is 36.9. The van der Waals surface area contributed by atoms with E-state index >= 15 is 0 Å². The van der Waals surface area contributed by atoms with E-state index in [2.05, 4.69) is 10.6 Å². The lowest BCUT2D eigenvalue weighted by molar-refractivity contribution is -0.115. The van der Waals surface area contributed by atoms with Gasteiger partial charge in [0.2, 0.25) is 11.8 Å². The van der Waals surface area contributed by atoms with Crippen LogP contribution in [0.4, 0.5) is 5.88 Å². The highest BCUT2D eigenvalue weighted by molar-refractivity contribution is 6.10. The fourth-order valence-electron chi connectivity index (χ4n) is 3.61. The number of fused-ring (bicyclic) bond motifs is 1. The summed E-state index contributed by atoms with van der Waals surface area (Å²) in [6.45, 7) is 6.66. The average molecular weight is 422 g/mol. The number of benzene rings is 2. The van der Waals surface area contributed by atoms with Crippen molar-refractivity contribution in [1.29, 1.82) is 0 Å². The first-order valence-corrected chi connectivity index (χ1v) is 10.2. The van der Waals surface area contributed by atoms with E-state index in [4.69, 9.17) is 9.15 Å². The Kier molecular flexibility index (Phi) is 6.87. The van der Waals surface area contributed by atoms with Crippen molar-refractivity contribution in [2.24, 2.45) is 0 Å². The second-order valence-electron chi connectivity index (χ2n) is 7.23. The number of nitrogens with one attached hydrogen (secondary N) is 2. The van der Waals surface area contributed by atoms with Crippen molar-refractivity contribution in [2.75, 3.05) is 18.5 Å². The maximum Gasteiger partial charge on any atom is 0.344 e. The number of ketones is 1. The smallest absolute Gasteiger partial charge is 0.344 e. The Morgan fingerprint density at radius 1 is 1.06 bits per heavy atom. The van der Waals surface area contributed by atoms with Crippen molar-refractivity contribution in [1.82, 2.24) is 5.32 Å². The number of rotatable bonds is 8. The molecule has 0 aliphatic carbocycles. The van der Waals surface area contributed by atoms with Crippen LogP contribution in [0.15, 0.2) is 46.9 Å². The van der Waals surface area contributed by atoms with Crippen molar-refractivity contribution in [3.8, 4) is 0 Å². The highest BCUT2D eigenvalue weighted by Gasteiger charge is 2.28. The molecular weight excluding hydrogens is 396 g/mol. The zero-order valence-corrected chi connectivity index (χ0v) is 18.1. The molecule has 0 aliphatic rings. The van der Waals surface area contributed by atoms with Crippen LogP contribution < -0.4 is 10.6 Å². The number of aryl methyl sites for hydroxylation is 1. The summed E-state index contributed by atoms with van der Waals surface area (Å²) in [5.41, 5.74) is 1.14. The molecule has 1 aromatic heterocycles.